The predicted molar refractivity (Wildman–Crippen MR) is 79.1 cm³/mol. The van der Waals surface area contributed by atoms with Gasteiger partial charge in [-0.25, -0.2) is 0 Å². The summed E-state index contributed by atoms with van der Waals surface area (Å²) in [5.74, 6) is 1.49. The number of anilines is 1. The summed E-state index contributed by atoms with van der Waals surface area (Å²) in [6, 6.07) is 13.6. The Hall–Kier alpha value is -1.74. The van der Waals surface area contributed by atoms with E-state index in [1.165, 1.54) is 5.56 Å². The zero-order valence-corrected chi connectivity index (χ0v) is 11.7. The number of pyridine rings is 1. The van der Waals surface area contributed by atoms with Crippen LogP contribution in [-0.4, -0.2) is 18.1 Å². The summed E-state index contributed by atoms with van der Waals surface area (Å²) in [6.45, 7) is 3.40. The van der Waals surface area contributed by atoms with Gasteiger partial charge in [0.05, 0.1) is 6.61 Å². The van der Waals surface area contributed by atoms with Crippen molar-refractivity contribution in [2.45, 2.75) is 13.3 Å². The van der Waals surface area contributed by atoms with Crippen LogP contribution in [0.1, 0.15) is 12.5 Å². The topological polar surface area (TPSA) is 34.1 Å². The fourth-order valence-corrected chi connectivity index (χ4v) is 1.85. The Labute approximate surface area is 118 Å². The molecule has 1 heterocycles. The van der Waals surface area contributed by atoms with Crippen LogP contribution in [0.4, 0.5) is 5.82 Å². The largest absolute Gasteiger partial charge is 0.478 e. The van der Waals surface area contributed by atoms with E-state index < -0.39 is 0 Å². The van der Waals surface area contributed by atoms with Gasteiger partial charge in [-0.3, -0.25) is 0 Å². The number of benzene rings is 1. The standard InChI is InChI=1S/C15H17ClN2O/c1-2-19-15-5-3-4-14(18-15)17-11-10-12-6-8-13(16)9-7-12/h3-9H,2,10-11H2,1H3,(H,17,18). The third kappa shape index (κ3) is 4.45. The minimum Gasteiger partial charge on any atom is -0.478 e. The summed E-state index contributed by atoms with van der Waals surface area (Å²) in [5, 5.41) is 4.05. The fraction of sp³-hybridized carbons (Fsp3) is 0.267. The van der Waals surface area contributed by atoms with E-state index in [-0.39, 0.29) is 0 Å². The van der Waals surface area contributed by atoms with E-state index in [2.05, 4.69) is 10.3 Å². The van der Waals surface area contributed by atoms with Crippen LogP contribution in [0.25, 0.3) is 0 Å². The molecule has 1 aromatic carbocycles. The lowest BCUT2D eigenvalue weighted by molar-refractivity contribution is 0.327. The number of aromatic nitrogens is 1. The van der Waals surface area contributed by atoms with Crippen molar-refractivity contribution >= 4 is 17.4 Å². The van der Waals surface area contributed by atoms with Crippen LogP contribution in [0.15, 0.2) is 42.5 Å². The van der Waals surface area contributed by atoms with Gasteiger partial charge in [0.2, 0.25) is 5.88 Å². The first-order chi connectivity index (χ1) is 9.28. The Balaban J connectivity index is 1.85. The van der Waals surface area contributed by atoms with Gasteiger partial charge in [-0.05, 0) is 37.1 Å². The zero-order valence-electron chi connectivity index (χ0n) is 10.9. The second-order valence-electron chi connectivity index (χ2n) is 4.10. The minimum absolute atomic E-state index is 0.626. The van der Waals surface area contributed by atoms with Crippen LogP contribution in [0.2, 0.25) is 5.02 Å². The van der Waals surface area contributed by atoms with Gasteiger partial charge in [-0.1, -0.05) is 29.8 Å². The highest BCUT2D eigenvalue weighted by atomic mass is 35.5. The molecule has 0 aliphatic heterocycles. The summed E-state index contributed by atoms with van der Waals surface area (Å²) < 4.78 is 5.36. The number of nitrogens with zero attached hydrogens (tertiary/aromatic N) is 1. The summed E-state index contributed by atoms with van der Waals surface area (Å²) >= 11 is 5.85. The molecule has 0 atom stereocenters. The monoisotopic (exact) mass is 276 g/mol. The highest BCUT2D eigenvalue weighted by molar-refractivity contribution is 6.30. The Morgan fingerprint density at radius 1 is 1.16 bits per heavy atom. The van der Waals surface area contributed by atoms with Gasteiger partial charge < -0.3 is 10.1 Å². The Kier molecular flexibility index (Phi) is 5.04. The molecule has 1 aromatic heterocycles. The molecule has 0 saturated heterocycles. The van der Waals surface area contributed by atoms with Crippen molar-refractivity contribution in [3.63, 3.8) is 0 Å². The van der Waals surface area contributed by atoms with Gasteiger partial charge in [-0.2, -0.15) is 4.98 Å². The predicted octanol–water partition coefficient (Wildman–Crippen LogP) is 3.79. The maximum atomic E-state index is 5.85. The molecular formula is C15H17ClN2O. The highest BCUT2D eigenvalue weighted by Gasteiger charge is 1.98. The van der Waals surface area contributed by atoms with Crippen molar-refractivity contribution in [1.82, 2.24) is 4.98 Å². The highest BCUT2D eigenvalue weighted by Crippen LogP contribution is 2.12. The second-order valence-corrected chi connectivity index (χ2v) is 4.53. The van der Waals surface area contributed by atoms with Crippen molar-refractivity contribution in [1.29, 1.82) is 0 Å². The van der Waals surface area contributed by atoms with E-state index >= 15 is 0 Å². The summed E-state index contributed by atoms with van der Waals surface area (Å²) in [6.07, 6.45) is 0.928. The van der Waals surface area contributed by atoms with Crippen molar-refractivity contribution in [2.24, 2.45) is 0 Å². The van der Waals surface area contributed by atoms with Gasteiger partial charge >= 0.3 is 0 Å². The Morgan fingerprint density at radius 2 is 1.95 bits per heavy atom. The molecule has 100 valence electrons. The lowest BCUT2D eigenvalue weighted by atomic mass is 10.1. The number of ether oxygens (including phenoxy) is 1. The molecule has 1 N–H and O–H groups in total. The summed E-state index contributed by atoms with van der Waals surface area (Å²) in [4.78, 5) is 4.35. The molecule has 2 rings (SSSR count). The van der Waals surface area contributed by atoms with Crippen LogP contribution in [0, 0.1) is 0 Å². The maximum Gasteiger partial charge on any atom is 0.215 e. The molecule has 0 saturated carbocycles. The zero-order chi connectivity index (χ0) is 13.5. The third-order valence-corrected chi connectivity index (χ3v) is 2.90. The molecule has 2 aromatic rings. The molecule has 3 nitrogen and oxygen atoms in total. The van der Waals surface area contributed by atoms with Crippen molar-refractivity contribution in [2.75, 3.05) is 18.5 Å². The minimum atomic E-state index is 0.626. The number of hydrogen-bond acceptors (Lipinski definition) is 3. The summed E-state index contributed by atoms with van der Waals surface area (Å²) in [7, 11) is 0. The van der Waals surface area contributed by atoms with Gasteiger partial charge in [0.25, 0.3) is 0 Å². The van der Waals surface area contributed by atoms with Crippen molar-refractivity contribution in [3.8, 4) is 5.88 Å². The van der Waals surface area contributed by atoms with E-state index in [4.69, 9.17) is 16.3 Å². The average molecular weight is 277 g/mol. The molecule has 0 spiro atoms. The molecule has 0 unspecified atom stereocenters. The molecule has 19 heavy (non-hydrogen) atoms. The first kappa shape index (κ1) is 13.7. The number of rotatable bonds is 6. The molecule has 0 aliphatic carbocycles. The van der Waals surface area contributed by atoms with Crippen LogP contribution < -0.4 is 10.1 Å². The van der Waals surface area contributed by atoms with E-state index in [9.17, 15) is 0 Å². The first-order valence-electron chi connectivity index (χ1n) is 6.36. The molecular weight excluding hydrogens is 260 g/mol. The molecule has 0 amide bonds. The molecule has 0 radical (unpaired) electrons. The van der Waals surface area contributed by atoms with Gasteiger partial charge in [0, 0.05) is 17.6 Å². The van der Waals surface area contributed by atoms with E-state index in [0.717, 1.165) is 23.8 Å². The first-order valence-corrected chi connectivity index (χ1v) is 6.74. The van der Waals surface area contributed by atoms with Crippen LogP contribution in [-0.2, 0) is 6.42 Å². The lowest BCUT2D eigenvalue weighted by Gasteiger charge is -2.07. The molecule has 4 heteroatoms. The van der Waals surface area contributed by atoms with Crippen LogP contribution in [0.5, 0.6) is 5.88 Å². The number of halogens is 1. The van der Waals surface area contributed by atoms with Gasteiger partial charge in [0.15, 0.2) is 0 Å². The second kappa shape index (κ2) is 7.00. The summed E-state index contributed by atoms with van der Waals surface area (Å²) in [5.41, 5.74) is 1.25. The maximum absolute atomic E-state index is 5.85. The molecule has 0 fully saturated rings. The number of nitrogens with one attached hydrogen (secondary N) is 1. The number of hydrogen-bond donors (Lipinski definition) is 1. The SMILES string of the molecule is CCOc1cccc(NCCc2ccc(Cl)cc2)n1. The molecule has 0 bridgehead atoms. The smallest absolute Gasteiger partial charge is 0.215 e. The van der Waals surface area contributed by atoms with Gasteiger partial charge in [0.1, 0.15) is 5.82 Å². The van der Waals surface area contributed by atoms with Gasteiger partial charge in [-0.15, -0.1) is 0 Å². The van der Waals surface area contributed by atoms with Crippen molar-refractivity contribution < 1.29 is 4.74 Å². The van der Waals surface area contributed by atoms with E-state index in [1.54, 1.807) is 0 Å². The lowest BCUT2D eigenvalue weighted by Crippen LogP contribution is -2.06. The van der Waals surface area contributed by atoms with Crippen LogP contribution in [0.3, 0.4) is 0 Å². The van der Waals surface area contributed by atoms with Crippen LogP contribution >= 0.6 is 11.6 Å². The Bertz CT molecular complexity index is 514. The Morgan fingerprint density at radius 3 is 2.68 bits per heavy atom. The van der Waals surface area contributed by atoms with E-state index in [1.807, 2.05) is 49.4 Å². The van der Waals surface area contributed by atoms with Crippen molar-refractivity contribution in [3.05, 3.63) is 53.1 Å². The average Bonchev–Trinajstić information content (AvgIpc) is 2.42. The third-order valence-electron chi connectivity index (χ3n) is 2.65. The molecule has 0 aliphatic rings. The van der Waals surface area contributed by atoms with E-state index in [0.29, 0.717) is 12.5 Å². The fourth-order valence-electron chi connectivity index (χ4n) is 1.73. The normalized spacial score (nSPS) is 10.2. The quantitative estimate of drug-likeness (QED) is 0.872.